The summed E-state index contributed by atoms with van der Waals surface area (Å²) in [6, 6.07) is 0. The van der Waals surface area contributed by atoms with Crippen LogP contribution in [0.15, 0.2) is 16.4 Å². The highest BCUT2D eigenvalue weighted by Gasteiger charge is 2.09. The molecule has 1 N–H and O–H groups in total. The molecule has 0 aromatic rings. The third kappa shape index (κ3) is 1.28. The highest BCUT2D eigenvalue weighted by atomic mass is 19.1. The Bertz CT molecular complexity index is 183. The van der Waals surface area contributed by atoms with E-state index in [1.165, 1.54) is 0 Å². The fraction of sp³-hybridized carbons (Fsp3) is 0.500. The summed E-state index contributed by atoms with van der Waals surface area (Å²) in [4.78, 5) is 3.44. The standard InChI is InChI=1S/C6H8FNO/c1-4-5(9)2-3-6(7)8-4/h9H,2-3H2,1H3. The van der Waals surface area contributed by atoms with Crippen molar-refractivity contribution in [1.29, 1.82) is 0 Å². The van der Waals surface area contributed by atoms with Crippen molar-refractivity contribution in [3.8, 4) is 0 Å². The molecule has 0 bridgehead atoms. The predicted molar refractivity (Wildman–Crippen MR) is 33.1 cm³/mol. The van der Waals surface area contributed by atoms with Gasteiger partial charge < -0.3 is 5.11 Å². The molecular formula is C6H8FNO. The molecule has 0 aromatic carbocycles. The minimum atomic E-state index is -0.384. The molecule has 3 heteroatoms. The summed E-state index contributed by atoms with van der Waals surface area (Å²) in [7, 11) is 0. The lowest BCUT2D eigenvalue weighted by Crippen LogP contribution is -1.99. The molecule has 0 aromatic heterocycles. The van der Waals surface area contributed by atoms with Crippen LogP contribution in [0.1, 0.15) is 19.8 Å². The molecule has 0 spiro atoms. The second kappa shape index (κ2) is 2.17. The van der Waals surface area contributed by atoms with Crippen molar-refractivity contribution in [2.45, 2.75) is 19.8 Å². The molecule has 1 aliphatic rings. The van der Waals surface area contributed by atoms with Crippen LogP contribution >= 0.6 is 0 Å². The smallest absolute Gasteiger partial charge is 0.189 e. The van der Waals surface area contributed by atoms with Crippen molar-refractivity contribution in [2.75, 3.05) is 0 Å². The van der Waals surface area contributed by atoms with Crippen molar-refractivity contribution in [3.05, 3.63) is 11.5 Å². The molecule has 50 valence electrons. The van der Waals surface area contributed by atoms with E-state index in [-0.39, 0.29) is 18.1 Å². The Morgan fingerprint density at radius 2 is 2.22 bits per heavy atom. The van der Waals surface area contributed by atoms with Gasteiger partial charge in [-0.2, -0.15) is 4.39 Å². The number of rotatable bonds is 0. The molecule has 0 aliphatic carbocycles. The van der Waals surface area contributed by atoms with E-state index in [0.29, 0.717) is 12.1 Å². The third-order valence-corrected chi connectivity index (χ3v) is 1.27. The summed E-state index contributed by atoms with van der Waals surface area (Å²) < 4.78 is 12.2. The number of allylic oxidation sites excluding steroid dienone is 2. The molecule has 0 fully saturated rings. The molecule has 0 saturated heterocycles. The first-order valence-electron chi connectivity index (χ1n) is 2.82. The van der Waals surface area contributed by atoms with Gasteiger partial charge >= 0.3 is 0 Å². The topological polar surface area (TPSA) is 32.6 Å². The van der Waals surface area contributed by atoms with Crippen LogP contribution in [0.3, 0.4) is 0 Å². The van der Waals surface area contributed by atoms with E-state index in [1.54, 1.807) is 6.92 Å². The summed E-state index contributed by atoms with van der Waals surface area (Å²) in [5.41, 5.74) is 0.402. The van der Waals surface area contributed by atoms with Crippen molar-refractivity contribution in [3.63, 3.8) is 0 Å². The fourth-order valence-corrected chi connectivity index (χ4v) is 0.705. The van der Waals surface area contributed by atoms with E-state index in [0.717, 1.165) is 0 Å². The first-order chi connectivity index (χ1) is 4.20. The van der Waals surface area contributed by atoms with Crippen molar-refractivity contribution in [1.82, 2.24) is 0 Å². The quantitative estimate of drug-likeness (QED) is 0.532. The van der Waals surface area contributed by atoms with Gasteiger partial charge in [-0.3, -0.25) is 0 Å². The number of aliphatic imine (C=N–C) groups is 1. The summed E-state index contributed by atoms with van der Waals surface area (Å²) in [5, 5.41) is 8.90. The second-order valence-corrected chi connectivity index (χ2v) is 2.02. The molecule has 1 heterocycles. The Labute approximate surface area is 52.7 Å². The van der Waals surface area contributed by atoms with Gasteiger partial charge in [-0.15, -0.1) is 0 Å². The van der Waals surface area contributed by atoms with E-state index >= 15 is 0 Å². The van der Waals surface area contributed by atoms with Crippen LogP contribution in [-0.2, 0) is 0 Å². The van der Waals surface area contributed by atoms with Gasteiger partial charge in [0.2, 0.25) is 0 Å². The molecule has 1 aliphatic heterocycles. The maximum Gasteiger partial charge on any atom is 0.189 e. The van der Waals surface area contributed by atoms with Crippen LogP contribution in [-0.4, -0.2) is 11.1 Å². The van der Waals surface area contributed by atoms with Crippen molar-refractivity contribution in [2.24, 2.45) is 4.99 Å². The first-order valence-corrected chi connectivity index (χ1v) is 2.82. The van der Waals surface area contributed by atoms with E-state index in [2.05, 4.69) is 4.99 Å². The first kappa shape index (κ1) is 6.26. The molecule has 0 atom stereocenters. The Kier molecular flexibility index (Phi) is 1.51. The van der Waals surface area contributed by atoms with Crippen LogP contribution in [0.5, 0.6) is 0 Å². The molecular weight excluding hydrogens is 121 g/mol. The highest BCUT2D eigenvalue weighted by Crippen LogP contribution is 2.16. The Hall–Kier alpha value is -0.860. The van der Waals surface area contributed by atoms with Gasteiger partial charge in [0.05, 0.1) is 5.70 Å². The average molecular weight is 129 g/mol. The van der Waals surface area contributed by atoms with E-state index in [9.17, 15) is 4.39 Å². The van der Waals surface area contributed by atoms with Crippen LogP contribution in [0.2, 0.25) is 0 Å². The maximum absolute atomic E-state index is 12.2. The molecule has 1 rings (SSSR count). The normalized spacial score (nSPS) is 20.0. The lowest BCUT2D eigenvalue weighted by atomic mass is 10.2. The van der Waals surface area contributed by atoms with E-state index in [1.807, 2.05) is 0 Å². The molecule has 2 nitrogen and oxygen atoms in total. The zero-order chi connectivity index (χ0) is 6.85. The van der Waals surface area contributed by atoms with Crippen molar-refractivity contribution >= 4 is 5.97 Å². The monoisotopic (exact) mass is 129 g/mol. The minimum Gasteiger partial charge on any atom is -0.510 e. The molecule has 0 radical (unpaired) electrons. The van der Waals surface area contributed by atoms with Crippen LogP contribution in [0.4, 0.5) is 4.39 Å². The minimum absolute atomic E-state index is 0.205. The summed E-state index contributed by atoms with van der Waals surface area (Å²) >= 11 is 0. The largest absolute Gasteiger partial charge is 0.510 e. The number of nitrogens with zero attached hydrogens (tertiary/aromatic N) is 1. The SMILES string of the molecule is CC1=C(O)CCC(F)=N1. The number of hydrogen-bond donors (Lipinski definition) is 1. The molecule has 0 amide bonds. The Morgan fingerprint density at radius 1 is 1.56 bits per heavy atom. The Morgan fingerprint density at radius 3 is 2.67 bits per heavy atom. The molecule has 9 heavy (non-hydrogen) atoms. The maximum atomic E-state index is 12.2. The lowest BCUT2D eigenvalue weighted by molar-refractivity contribution is 0.377. The van der Waals surface area contributed by atoms with E-state index in [4.69, 9.17) is 5.11 Å². The van der Waals surface area contributed by atoms with Gasteiger partial charge in [0.1, 0.15) is 5.76 Å². The zero-order valence-electron chi connectivity index (χ0n) is 5.19. The fourth-order valence-electron chi connectivity index (χ4n) is 0.705. The van der Waals surface area contributed by atoms with Crippen molar-refractivity contribution < 1.29 is 9.50 Å². The summed E-state index contributed by atoms with van der Waals surface area (Å²) in [5.74, 6) is -0.179. The van der Waals surface area contributed by atoms with Gasteiger partial charge in [0, 0.05) is 12.8 Å². The number of halogens is 1. The summed E-state index contributed by atoms with van der Waals surface area (Å²) in [6.45, 7) is 1.59. The Balaban J connectivity index is 2.83. The van der Waals surface area contributed by atoms with Gasteiger partial charge in [-0.1, -0.05) is 0 Å². The highest BCUT2D eigenvalue weighted by molar-refractivity contribution is 5.77. The van der Waals surface area contributed by atoms with E-state index < -0.39 is 0 Å². The summed E-state index contributed by atoms with van der Waals surface area (Å²) in [6.07, 6.45) is 0.629. The lowest BCUT2D eigenvalue weighted by Gasteiger charge is -2.06. The molecule has 0 unspecified atom stereocenters. The predicted octanol–water partition coefficient (Wildman–Crippen LogP) is 1.94. The second-order valence-electron chi connectivity index (χ2n) is 2.02. The third-order valence-electron chi connectivity index (χ3n) is 1.27. The zero-order valence-corrected chi connectivity index (χ0v) is 5.19. The number of hydrogen-bond acceptors (Lipinski definition) is 2. The van der Waals surface area contributed by atoms with Gasteiger partial charge in [-0.25, -0.2) is 4.99 Å². The average Bonchev–Trinajstić information content (AvgIpc) is 1.80. The van der Waals surface area contributed by atoms with Crippen LogP contribution < -0.4 is 0 Å². The van der Waals surface area contributed by atoms with Crippen LogP contribution in [0, 0.1) is 0 Å². The van der Waals surface area contributed by atoms with Gasteiger partial charge in [0.15, 0.2) is 5.97 Å². The molecule has 0 saturated carbocycles. The number of aliphatic hydroxyl groups is 1. The number of aliphatic hydroxyl groups excluding tert-OH is 1. The van der Waals surface area contributed by atoms with Gasteiger partial charge in [-0.05, 0) is 6.92 Å². The van der Waals surface area contributed by atoms with Crippen LogP contribution in [0.25, 0.3) is 0 Å². The van der Waals surface area contributed by atoms with Gasteiger partial charge in [0.25, 0.3) is 0 Å².